The van der Waals surface area contributed by atoms with E-state index in [4.69, 9.17) is 0 Å². The third-order valence-corrected chi connectivity index (χ3v) is 3.97. The summed E-state index contributed by atoms with van der Waals surface area (Å²) in [5.41, 5.74) is 1.09. The van der Waals surface area contributed by atoms with Gasteiger partial charge in [-0.05, 0) is 68.3 Å². The van der Waals surface area contributed by atoms with Crippen LogP contribution in [0, 0.1) is 11.7 Å². The Morgan fingerprint density at radius 2 is 2.17 bits per heavy atom. The van der Waals surface area contributed by atoms with Gasteiger partial charge in [0.15, 0.2) is 0 Å². The van der Waals surface area contributed by atoms with Crippen LogP contribution in [-0.4, -0.2) is 12.6 Å². The van der Waals surface area contributed by atoms with Crippen LogP contribution >= 0.6 is 15.9 Å². The van der Waals surface area contributed by atoms with E-state index in [0.29, 0.717) is 6.04 Å². The van der Waals surface area contributed by atoms with Crippen LogP contribution in [0.25, 0.3) is 0 Å². The lowest BCUT2D eigenvalue weighted by atomic mass is 10.0. The van der Waals surface area contributed by atoms with Crippen LogP contribution in [0.5, 0.6) is 0 Å². The van der Waals surface area contributed by atoms with Crippen LogP contribution in [0.4, 0.5) is 4.39 Å². The van der Waals surface area contributed by atoms with E-state index < -0.39 is 0 Å². The Kier molecular flexibility index (Phi) is 5.19. The van der Waals surface area contributed by atoms with E-state index in [2.05, 4.69) is 28.2 Å². The van der Waals surface area contributed by atoms with E-state index in [1.165, 1.54) is 25.3 Å². The fourth-order valence-corrected chi connectivity index (χ4v) is 2.92. The lowest BCUT2D eigenvalue weighted by Crippen LogP contribution is -2.32. The molecule has 0 heterocycles. The van der Waals surface area contributed by atoms with Crippen molar-refractivity contribution >= 4 is 15.9 Å². The summed E-state index contributed by atoms with van der Waals surface area (Å²) in [6.45, 7) is 3.29. The van der Waals surface area contributed by atoms with Gasteiger partial charge >= 0.3 is 0 Å². The Balaban J connectivity index is 1.87. The topological polar surface area (TPSA) is 12.0 Å². The highest BCUT2D eigenvalue weighted by Gasteiger charge is 2.30. The highest BCUT2D eigenvalue weighted by molar-refractivity contribution is 9.10. The van der Waals surface area contributed by atoms with Crippen molar-refractivity contribution in [2.24, 2.45) is 5.92 Å². The van der Waals surface area contributed by atoms with Crippen LogP contribution < -0.4 is 5.32 Å². The number of nitrogens with one attached hydrogen (secondary N) is 1. The second-order valence-corrected chi connectivity index (χ2v) is 6.13. The van der Waals surface area contributed by atoms with E-state index >= 15 is 0 Å². The van der Waals surface area contributed by atoms with Gasteiger partial charge in [0.2, 0.25) is 0 Å². The van der Waals surface area contributed by atoms with Crippen molar-refractivity contribution in [1.29, 1.82) is 0 Å². The van der Waals surface area contributed by atoms with Gasteiger partial charge in [0.25, 0.3) is 0 Å². The molecule has 0 radical (unpaired) electrons. The average Bonchev–Trinajstić information content (AvgIpc) is 3.12. The van der Waals surface area contributed by atoms with Crippen molar-refractivity contribution in [2.75, 3.05) is 6.54 Å². The molecule has 1 unspecified atom stereocenters. The molecule has 1 saturated carbocycles. The van der Waals surface area contributed by atoms with Gasteiger partial charge in [-0.25, -0.2) is 4.39 Å². The number of halogens is 2. The van der Waals surface area contributed by atoms with Gasteiger partial charge in [-0.3, -0.25) is 0 Å². The molecular formula is C15H21BrFN. The van der Waals surface area contributed by atoms with Crippen LogP contribution in [0.1, 0.15) is 38.2 Å². The zero-order valence-electron chi connectivity index (χ0n) is 10.9. The summed E-state index contributed by atoms with van der Waals surface area (Å²) in [4.78, 5) is 0. The summed E-state index contributed by atoms with van der Waals surface area (Å²) in [7, 11) is 0. The second kappa shape index (κ2) is 6.67. The molecule has 100 valence electrons. The van der Waals surface area contributed by atoms with E-state index in [1.807, 2.05) is 6.07 Å². The van der Waals surface area contributed by atoms with Gasteiger partial charge in [-0.15, -0.1) is 0 Å². The third-order valence-electron chi connectivity index (χ3n) is 3.51. The van der Waals surface area contributed by atoms with E-state index in [0.717, 1.165) is 35.3 Å². The Morgan fingerprint density at radius 1 is 1.39 bits per heavy atom. The highest BCUT2D eigenvalue weighted by atomic mass is 79.9. The number of hydrogen-bond acceptors (Lipinski definition) is 1. The fraction of sp³-hybridized carbons (Fsp3) is 0.600. The van der Waals surface area contributed by atoms with E-state index in [-0.39, 0.29) is 5.82 Å². The molecule has 0 amide bonds. The lowest BCUT2D eigenvalue weighted by molar-refractivity contribution is 0.435. The summed E-state index contributed by atoms with van der Waals surface area (Å²) in [5, 5.41) is 3.63. The first kappa shape index (κ1) is 14.0. The van der Waals surface area contributed by atoms with Crippen molar-refractivity contribution in [3.05, 3.63) is 34.1 Å². The smallest absolute Gasteiger partial charge is 0.124 e. The predicted octanol–water partition coefficient (Wildman–Crippen LogP) is 4.30. The van der Waals surface area contributed by atoms with Crippen LogP contribution in [-0.2, 0) is 6.42 Å². The molecule has 1 atom stereocenters. The first-order valence-electron chi connectivity index (χ1n) is 6.87. The molecule has 18 heavy (non-hydrogen) atoms. The standard InChI is InChI=1S/C15H21BrFN/c1-2-7-18-15(12-4-5-12)6-3-11-8-13(16)10-14(17)9-11/h8-10,12,15,18H,2-7H2,1H3. The van der Waals surface area contributed by atoms with Gasteiger partial charge in [-0.1, -0.05) is 22.9 Å². The molecule has 1 aliphatic carbocycles. The van der Waals surface area contributed by atoms with Crippen molar-refractivity contribution in [1.82, 2.24) is 5.32 Å². The normalized spacial score (nSPS) is 16.8. The van der Waals surface area contributed by atoms with E-state index in [9.17, 15) is 4.39 Å². The SMILES string of the molecule is CCCNC(CCc1cc(F)cc(Br)c1)C1CC1. The number of hydrogen-bond donors (Lipinski definition) is 1. The maximum absolute atomic E-state index is 13.3. The lowest BCUT2D eigenvalue weighted by Gasteiger charge is -2.18. The predicted molar refractivity (Wildman–Crippen MR) is 77.2 cm³/mol. The van der Waals surface area contributed by atoms with Crippen molar-refractivity contribution in [3.8, 4) is 0 Å². The maximum atomic E-state index is 13.3. The van der Waals surface area contributed by atoms with Crippen molar-refractivity contribution in [3.63, 3.8) is 0 Å². The number of benzene rings is 1. The van der Waals surface area contributed by atoms with Gasteiger partial charge in [0.05, 0.1) is 0 Å². The van der Waals surface area contributed by atoms with Crippen molar-refractivity contribution < 1.29 is 4.39 Å². The monoisotopic (exact) mass is 313 g/mol. The molecule has 3 heteroatoms. The molecular weight excluding hydrogens is 293 g/mol. The quantitative estimate of drug-likeness (QED) is 0.791. The molecule has 0 bridgehead atoms. The summed E-state index contributed by atoms with van der Waals surface area (Å²) >= 11 is 3.35. The molecule has 2 rings (SSSR count). The molecule has 1 N–H and O–H groups in total. The molecule has 0 spiro atoms. The van der Waals surface area contributed by atoms with E-state index in [1.54, 1.807) is 6.07 Å². The minimum absolute atomic E-state index is 0.149. The minimum atomic E-state index is -0.149. The van der Waals surface area contributed by atoms with Crippen LogP contribution in [0.3, 0.4) is 0 Å². The van der Waals surface area contributed by atoms with Gasteiger partial charge in [-0.2, -0.15) is 0 Å². The minimum Gasteiger partial charge on any atom is -0.314 e. The highest BCUT2D eigenvalue weighted by Crippen LogP contribution is 2.34. The van der Waals surface area contributed by atoms with Gasteiger partial charge in [0, 0.05) is 10.5 Å². The maximum Gasteiger partial charge on any atom is 0.124 e. The summed E-state index contributed by atoms with van der Waals surface area (Å²) in [5.74, 6) is 0.706. The second-order valence-electron chi connectivity index (χ2n) is 5.21. The average molecular weight is 314 g/mol. The fourth-order valence-electron chi connectivity index (χ4n) is 2.41. The first-order chi connectivity index (χ1) is 8.69. The molecule has 0 aromatic heterocycles. The van der Waals surface area contributed by atoms with Crippen LogP contribution in [0.2, 0.25) is 0 Å². The Bertz CT molecular complexity index is 370. The zero-order valence-corrected chi connectivity index (χ0v) is 12.5. The summed E-state index contributed by atoms with van der Waals surface area (Å²) < 4.78 is 14.1. The molecule has 1 aromatic carbocycles. The summed E-state index contributed by atoms with van der Waals surface area (Å²) in [6, 6.07) is 5.80. The Labute approximate surface area is 117 Å². The van der Waals surface area contributed by atoms with Gasteiger partial charge in [0.1, 0.15) is 5.82 Å². The summed E-state index contributed by atoms with van der Waals surface area (Å²) in [6.07, 6.45) is 5.95. The largest absolute Gasteiger partial charge is 0.314 e. The number of aryl methyl sites for hydroxylation is 1. The molecule has 0 saturated heterocycles. The molecule has 0 aliphatic heterocycles. The van der Waals surface area contributed by atoms with Gasteiger partial charge < -0.3 is 5.32 Å². The Hall–Kier alpha value is -0.410. The number of rotatable bonds is 7. The Morgan fingerprint density at radius 3 is 2.78 bits per heavy atom. The third kappa shape index (κ3) is 4.36. The molecule has 1 aromatic rings. The van der Waals surface area contributed by atoms with Crippen molar-refractivity contribution in [2.45, 2.75) is 45.1 Å². The van der Waals surface area contributed by atoms with Crippen LogP contribution in [0.15, 0.2) is 22.7 Å². The zero-order chi connectivity index (χ0) is 13.0. The molecule has 1 aliphatic rings. The first-order valence-corrected chi connectivity index (χ1v) is 7.66. The molecule has 1 fully saturated rings. The molecule has 1 nitrogen and oxygen atoms in total.